The summed E-state index contributed by atoms with van der Waals surface area (Å²) < 4.78 is 5.01. The van der Waals surface area contributed by atoms with Gasteiger partial charge in [0.15, 0.2) is 0 Å². The molecule has 2 atom stereocenters. The van der Waals surface area contributed by atoms with Gasteiger partial charge in [0.2, 0.25) is 0 Å². The third-order valence-electron chi connectivity index (χ3n) is 4.27. The Morgan fingerprint density at radius 2 is 2.17 bits per heavy atom. The fourth-order valence-corrected chi connectivity index (χ4v) is 2.94. The molecule has 0 aromatic carbocycles. The fourth-order valence-electron chi connectivity index (χ4n) is 2.94. The van der Waals surface area contributed by atoms with Gasteiger partial charge in [-0.05, 0) is 44.6 Å². The lowest BCUT2D eigenvalue weighted by molar-refractivity contribution is 0.199. The van der Waals surface area contributed by atoms with Crippen molar-refractivity contribution in [3.05, 3.63) is 11.6 Å². The zero-order valence-electron chi connectivity index (χ0n) is 12.5. The number of ether oxygens (including phenoxy) is 1. The number of allylic oxidation sites excluding steroid dienone is 1. The first-order valence-corrected chi connectivity index (χ1v) is 7.64. The van der Waals surface area contributed by atoms with Gasteiger partial charge >= 0.3 is 0 Å². The van der Waals surface area contributed by atoms with E-state index < -0.39 is 0 Å². The molecule has 1 saturated carbocycles. The van der Waals surface area contributed by atoms with Gasteiger partial charge in [0.25, 0.3) is 0 Å². The van der Waals surface area contributed by atoms with E-state index in [4.69, 9.17) is 4.74 Å². The van der Waals surface area contributed by atoms with Crippen LogP contribution in [0.3, 0.4) is 0 Å². The number of rotatable bonds is 8. The lowest BCUT2D eigenvalue weighted by atomic mass is 9.77. The second kappa shape index (κ2) is 9.57. The highest BCUT2D eigenvalue weighted by Crippen LogP contribution is 2.34. The summed E-state index contributed by atoms with van der Waals surface area (Å²) in [4.78, 5) is 0. The topological polar surface area (TPSA) is 21.3 Å². The van der Waals surface area contributed by atoms with Gasteiger partial charge in [0, 0.05) is 13.7 Å². The molecule has 2 unspecified atom stereocenters. The predicted octanol–water partition coefficient (Wildman–Crippen LogP) is 3.78. The summed E-state index contributed by atoms with van der Waals surface area (Å²) >= 11 is 0. The molecule has 1 aliphatic carbocycles. The molecule has 0 aliphatic heterocycles. The number of hydrogen-bond donors (Lipinski definition) is 1. The van der Waals surface area contributed by atoms with Gasteiger partial charge in [-0.15, -0.1) is 0 Å². The van der Waals surface area contributed by atoms with E-state index in [-0.39, 0.29) is 0 Å². The van der Waals surface area contributed by atoms with Crippen molar-refractivity contribution >= 4 is 0 Å². The maximum absolute atomic E-state index is 5.01. The van der Waals surface area contributed by atoms with Crippen molar-refractivity contribution < 1.29 is 4.74 Å². The van der Waals surface area contributed by atoms with Gasteiger partial charge in [-0.2, -0.15) is 0 Å². The molecular weight excluding hydrogens is 222 g/mol. The molecule has 1 fully saturated rings. The molecule has 0 amide bonds. The van der Waals surface area contributed by atoms with E-state index in [9.17, 15) is 0 Å². The highest BCUT2D eigenvalue weighted by molar-refractivity contribution is 5.05. The highest BCUT2D eigenvalue weighted by atomic mass is 16.5. The van der Waals surface area contributed by atoms with Crippen LogP contribution in [0.2, 0.25) is 0 Å². The summed E-state index contributed by atoms with van der Waals surface area (Å²) in [6, 6.07) is 0. The highest BCUT2D eigenvalue weighted by Gasteiger charge is 2.21. The molecule has 2 heteroatoms. The normalized spacial score (nSPS) is 25.4. The van der Waals surface area contributed by atoms with E-state index in [1.165, 1.54) is 32.1 Å². The number of methoxy groups -OCH3 is 1. The Bertz CT molecular complexity index is 237. The van der Waals surface area contributed by atoms with Gasteiger partial charge in [0.1, 0.15) is 0 Å². The first-order valence-electron chi connectivity index (χ1n) is 7.64. The summed E-state index contributed by atoms with van der Waals surface area (Å²) in [5, 5.41) is 3.39. The van der Waals surface area contributed by atoms with Crippen molar-refractivity contribution in [3.63, 3.8) is 0 Å². The van der Waals surface area contributed by atoms with Crippen molar-refractivity contribution in [2.75, 3.05) is 26.8 Å². The molecule has 0 bridgehead atoms. The predicted molar refractivity (Wildman–Crippen MR) is 78.9 cm³/mol. The summed E-state index contributed by atoms with van der Waals surface area (Å²) in [5.41, 5.74) is 1.63. The van der Waals surface area contributed by atoms with Crippen LogP contribution in [-0.2, 0) is 4.74 Å². The molecule has 0 heterocycles. The van der Waals surface area contributed by atoms with Crippen molar-refractivity contribution in [1.82, 2.24) is 5.32 Å². The van der Waals surface area contributed by atoms with Gasteiger partial charge in [-0.3, -0.25) is 0 Å². The summed E-state index contributed by atoms with van der Waals surface area (Å²) in [6.45, 7) is 7.52. The molecule has 18 heavy (non-hydrogen) atoms. The molecule has 1 N–H and O–H groups in total. The SMILES string of the molecule is CCC1CCCC(C(C)=CCCNCCOC)C1. The van der Waals surface area contributed by atoms with Crippen LogP contribution in [0.1, 0.15) is 52.4 Å². The molecule has 1 rings (SSSR count). The minimum Gasteiger partial charge on any atom is -0.383 e. The Morgan fingerprint density at radius 1 is 1.33 bits per heavy atom. The second-order valence-electron chi connectivity index (χ2n) is 5.62. The Kier molecular flexibility index (Phi) is 8.36. The van der Waals surface area contributed by atoms with E-state index in [1.807, 2.05) is 0 Å². The Morgan fingerprint density at radius 3 is 2.89 bits per heavy atom. The third-order valence-corrected chi connectivity index (χ3v) is 4.27. The average molecular weight is 253 g/mol. The zero-order chi connectivity index (χ0) is 13.2. The van der Waals surface area contributed by atoms with Crippen molar-refractivity contribution in [2.24, 2.45) is 11.8 Å². The Balaban J connectivity index is 2.19. The monoisotopic (exact) mass is 253 g/mol. The quantitative estimate of drug-likeness (QED) is 0.525. The second-order valence-corrected chi connectivity index (χ2v) is 5.62. The molecule has 106 valence electrons. The zero-order valence-corrected chi connectivity index (χ0v) is 12.5. The summed E-state index contributed by atoms with van der Waals surface area (Å²) in [5.74, 6) is 1.84. The van der Waals surface area contributed by atoms with E-state index in [2.05, 4.69) is 25.2 Å². The van der Waals surface area contributed by atoms with Crippen LogP contribution >= 0.6 is 0 Å². The average Bonchev–Trinajstić information content (AvgIpc) is 2.42. The smallest absolute Gasteiger partial charge is 0.0587 e. The molecule has 0 radical (unpaired) electrons. The van der Waals surface area contributed by atoms with Crippen LogP contribution in [0.4, 0.5) is 0 Å². The van der Waals surface area contributed by atoms with Crippen LogP contribution in [0.25, 0.3) is 0 Å². The van der Waals surface area contributed by atoms with Gasteiger partial charge in [-0.25, -0.2) is 0 Å². The summed E-state index contributed by atoms with van der Waals surface area (Å²) in [6.07, 6.45) is 10.7. The minimum atomic E-state index is 0.809. The molecule has 2 nitrogen and oxygen atoms in total. The lowest BCUT2D eigenvalue weighted by Crippen LogP contribution is -2.20. The number of hydrogen-bond acceptors (Lipinski definition) is 2. The molecule has 0 saturated heterocycles. The van der Waals surface area contributed by atoms with Crippen molar-refractivity contribution in [3.8, 4) is 0 Å². The van der Waals surface area contributed by atoms with Crippen LogP contribution in [0, 0.1) is 11.8 Å². The lowest BCUT2D eigenvalue weighted by Gasteiger charge is -2.29. The molecule has 0 aromatic rings. The molecule has 1 aliphatic rings. The fraction of sp³-hybridized carbons (Fsp3) is 0.875. The molecule has 0 spiro atoms. The minimum absolute atomic E-state index is 0.809. The van der Waals surface area contributed by atoms with Crippen LogP contribution in [0.15, 0.2) is 11.6 Å². The van der Waals surface area contributed by atoms with Crippen molar-refractivity contribution in [2.45, 2.75) is 52.4 Å². The Hall–Kier alpha value is -0.340. The van der Waals surface area contributed by atoms with Gasteiger partial charge in [0.05, 0.1) is 6.61 Å². The standard InChI is InChI=1S/C16H31NO/c1-4-15-8-5-9-16(13-15)14(2)7-6-10-17-11-12-18-3/h7,15-17H,4-6,8-13H2,1-3H3. The van der Waals surface area contributed by atoms with Crippen LogP contribution in [0.5, 0.6) is 0 Å². The van der Waals surface area contributed by atoms with Crippen LogP contribution in [-0.4, -0.2) is 26.8 Å². The van der Waals surface area contributed by atoms with Gasteiger partial charge < -0.3 is 10.1 Å². The first kappa shape index (κ1) is 15.7. The number of nitrogens with one attached hydrogen (secondary N) is 1. The summed E-state index contributed by atoms with van der Waals surface area (Å²) in [7, 11) is 1.75. The van der Waals surface area contributed by atoms with E-state index >= 15 is 0 Å². The van der Waals surface area contributed by atoms with Crippen molar-refractivity contribution in [1.29, 1.82) is 0 Å². The van der Waals surface area contributed by atoms with E-state index in [1.54, 1.807) is 12.7 Å². The molecular formula is C16H31NO. The molecule has 0 aromatic heterocycles. The van der Waals surface area contributed by atoms with Gasteiger partial charge in [-0.1, -0.05) is 37.8 Å². The van der Waals surface area contributed by atoms with E-state index in [0.29, 0.717) is 0 Å². The largest absolute Gasteiger partial charge is 0.383 e. The third kappa shape index (κ3) is 6.01. The Labute approximate surface area is 113 Å². The first-order chi connectivity index (χ1) is 8.77. The van der Waals surface area contributed by atoms with E-state index in [0.717, 1.165) is 38.0 Å². The maximum Gasteiger partial charge on any atom is 0.0587 e. The maximum atomic E-state index is 5.01. The van der Waals surface area contributed by atoms with Crippen LogP contribution < -0.4 is 5.32 Å².